The molecule has 33 heavy (non-hydrogen) atoms. The smallest absolute Gasteiger partial charge is 0.360 e. The molecule has 0 radical (unpaired) electrons. The van der Waals surface area contributed by atoms with Gasteiger partial charge >= 0.3 is 5.97 Å². The molecule has 0 N–H and O–H groups in total. The first kappa shape index (κ1) is 23.8. The molecular formula is C25H28Cl2N4O2. The monoisotopic (exact) mass is 486 g/mol. The first-order valence-electron chi connectivity index (χ1n) is 11.6. The largest absolute Gasteiger partial charge is 0.461 e. The highest BCUT2D eigenvalue weighted by atomic mass is 35.5. The molecule has 4 rings (SSSR count). The number of aryl methyl sites for hydroxylation is 1. The zero-order valence-electron chi connectivity index (χ0n) is 19.0. The van der Waals surface area contributed by atoms with E-state index in [2.05, 4.69) is 16.0 Å². The van der Waals surface area contributed by atoms with Gasteiger partial charge in [-0.15, -0.1) is 0 Å². The molecule has 2 aliphatic rings. The van der Waals surface area contributed by atoms with Crippen molar-refractivity contribution in [3.05, 3.63) is 39.6 Å². The third kappa shape index (κ3) is 4.54. The van der Waals surface area contributed by atoms with Crippen molar-refractivity contribution in [3.63, 3.8) is 0 Å². The van der Waals surface area contributed by atoms with Crippen LogP contribution in [0.4, 0.5) is 5.82 Å². The average molecular weight is 487 g/mol. The normalized spacial score (nSPS) is 18.2. The molecule has 0 amide bonds. The van der Waals surface area contributed by atoms with Crippen molar-refractivity contribution >= 4 is 35.0 Å². The van der Waals surface area contributed by atoms with Crippen molar-refractivity contribution < 1.29 is 9.53 Å². The number of ether oxygens (including phenoxy) is 1. The quantitative estimate of drug-likeness (QED) is 0.465. The van der Waals surface area contributed by atoms with Crippen molar-refractivity contribution in [2.45, 2.75) is 52.4 Å². The van der Waals surface area contributed by atoms with Gasteiger partial charge in [-0.3, -0.25) is 0 Å². The standard InChI is InChI=1S/C25H28Cl2N4O2/c1-3-33-24(32)22-23(29-16(2)21(30-22)18-9-6-10-19(26)20(18)27)31-13-11-25(15-28,12-14-31)17-7-4-5-8-17/h6,9-10,17H,3-5,7-8,11-14H2,1-2H3. The first-order chi connectivity index (χ1) is 15.9. The van der Waals surface area contributed by atoms with E-state index in [0.29, 0.717) is 51.8 Å². The van der Waals surface area contributed by atoms with Crippen LogP contribution >= 0.6 is 23.2 Å². The van der Waals surface area contributed by atoms with E-state index in [-0.39, 0.29) is 17.7 Å². The van der Waals surface area contributed by atoms with Gasteiger partial charge in [0.2, 0.25) is 0 Å². The Labute approximate surface area is 204 Å². The van der Waals surface area contributed by atoms with Crippen LogP contribution in [0.5, 0.6) is 0 Å². The number of nitrogens with zero attached hydrogens (tertiary/aromatic N) is 4. The Morgan fingerprint density at radius 3 is 2.58 bits per heavy atom. The summed E-state index contributed by atoms with van der Waals surface area (Å²) in [6, 6.07) is 7.96. The van der Waals surface area contributed by atoms with Gasteiger partial charge < -0.3 is 9.64 Å². The molecule has 6 nitrogen and oxygen atoms in total. The van der Waals surface area contributed by atoms with E-state index in [9.17, 15) is 10.1 Å². The van der Waals surface area contributed by atoms with Gasteiger partial charge in [0.15, 0.2) is 11.5 Å². The van der Waals surface area contributed by atoms with E-state index < -0.39 is 5.97 Å². The van der Waals surface area contributed by atoms with Crippen LogP contribution in [0.2, 0.25) is 10.0 Å². The zero-order chi connectivity index (χ0) is 23.6. The number of carbonyl (C=O) groups is 1. The van der Waals surface area contributed by atoms with Crippen LogP contribution in [0.15, 0.2) is 18.2 Å². The SMILES string of the molecule is CCOC(=O)c1nc(-c2cccc(Cl)c2Cl)c(C)nc1N1CCC(C#N)(C2CCCC2)CC1. The van der Waals surface area contributed by atoms with Gasteiger partial charge in [-0.1, -0.05) is 48.2 Å². The van der Waals surface area contributed by atoms with Crippen LogP contribution in [-0.4, -0.2) is 35.6 Å². The summed E-state index contributed by atoms with van der Waals surface area (Å²) < 4.78 is 5.31. The summed E-state index contributed by atoms with van der Waals surface area (Å²) in [4.78, 5) is 24.4. The molecule has 2 fully saturated rings. The second-order valence-electron chi connectivity index (χ2n) is 8.89. The maximum Gasteiger partial charge on any atom is 0.360 e. The highest BCUT2D eigenvalue weighted by molar-refractivity contribution is 6.43. The molecule has 2 heterocycles. The van der Waals surface area contributed by atoms with E-state index in [1.54, 1.807) is 19.1 Å². The molecule has 0 spiro atoms. The summed E-state index contributed by atoms with van der Waals surface area (Å²) in [5, 5.41) is 10.8. The Balaban J connectivity index is 1.70. The van der Waals surface area contributed by atoms with Gasteiger partial charge in [-0.25, -0.2) is 14.8 Å². The lowest BCUT2D eigenvalue weighted by atomic mass is 9.69. The molecule has 1 saturated carbocycles. The van der Waals surface area contributed by atoms with Gasteiger partial charge in [0.1, 0.15) is 0 Å². The van der Waals surface area contributed by atoms with E-state index in [0.717, 1.165) is 25.7 Å². The van der Waals surface area contributed by atoms with Crippen LogP contribution in [0.25, 0.3) is 11.3 Å². The summed E-state index contributed by atoms with van der Waals surface area (Å²) >= 11 is 12.6. The summed E-state index contributed by atoms with van der Waals surface area (Å²) in [6.07, 6.45) is 6.22. The molecule has 1 aliphatic heterocycles. The summed E-state index contributed by atoms with van der Waals surface area (Å²) in [7, 11) is 0. The highest BCUT2D eigenvalue weighted by Crippen LogP contribution is 2.47. The van der Waals surface area contributed by atoms with Crippen LogP contribution in [0.1, 0.15) is 61.6 Å². The Kier molecular flexibility index (Phi) is 7.11. The second-order valence-corrected chi connectivity index (χ2v) is 9.67. The molecular weight excluding hydrogens is 459 g/mol. The summed E-state index contributed by atoms with van der Waals surface area (Å²) in [5.74, 6) is 0.451. The first-order valence-corrected chi connectivity index (χ1v) is 12.3. The second kappa shape index (κ2) is 9.87. The molecule has 1 aromatic carbocycles. The van der Waals surface area contributed by atoms with Crippen LogP contribution in [-0.2, 0) is 4.74 Å². The van der Waals surface area contributed by atoms with Gasteiger partial charge in [-0.05, 0) is 51.5 Å². The molecule has 174 valence electrons. The number of hydrogen-bond donors (Lipinski definition) is 0. The Bertz CT molecular complexity index is 1080. The fraction of sp³-hybridized carbons (Fsp3) is 0.520. The molecule has 0 bridgehead atoms. The number of rotatable bonds is 5. The number of piperidine rings is 1. The Hall–Kier alpha value is -2.36. The maximum absolute atomic E-state index is 12.9. The van der Waals surface area contributed by atoms with E-state index in [1.165, 1.54) is 12.8 Å². The minimum Gasteiger partial charge on any atom is -0.461 e. The van der Waals surface area contributed by atoms with Gasteiger partial charge in [-0.2, -0.15) is 5.26 Å². The fourth-order valence-electron chi connectivity index (χ4n) is 5.21. The number of benzene rings is 1. The van der Waals surface area contributed by atoms with Crippen molar-refractivity contribution in [3.8, 4) is 17.3 Å². The minimum atomic E-state index is -0.521. The predicted molar refractivity (Wildman–Crippen MR) is 130 cm³/mol. The van der Waals surface area contributed by atoms with E-state index >= 15 is 0 Å². The molecule has 0 atom stereocenters. The molecule has 1 aromatic heterocycles. The van der Waals surface area contributed by atoms with E-state index in [1.807, 2.05) is 13.0 Å². The number of anilines is 1. The summed E-state index contributed by atoms with van der Waals surface area (Å²) in [6.45, 7) is 5.15. The third-order valence-corrected chi connectivity index (χ3v) is 7.86. The number of nitriles is 1. The average Bonchev–Trinajstić information content (AvgIpc) is 3.37. The molecule has 0 unspecified atom stereocenters. The van der Waals surface area contributed by atoms with Crippen molar-refractivity contribution in [1.29, 1.82) is 5.26 Å². The molecule has 1 saturated heterocycles. The summed E-state index contributed by atoms with van der Waals surface area (Å²) in [5.41, 5.74) is 1.65. The van der Waals surface area contributed by atoms with E-state index in [4.69, 9.17) is 32.9 Å². The number of hydrogen-bond acceptors (Lipinski definition) is 6. The molecule has 8 heteroatoms. The van der Waals surface area contributed by atoms with Crippen molar-refractivity contribution in [2.75, 3.05) is 24.6 Å². The van der Waals surface area contributed by atoms with Gasteiger partial charge in [0.25, 0.3) is 0 Å². The highest BCUT2D eigenvalue weighted by Gasteiger charge is 2.43. The zero-order valence-corrected chi connectivity index (χ0v) is 20.5. The van der Waals surface area contributed by atoms with Crippen LogP contribution in [0.3, 0.4) is 0 Å². The fourth-order valence-corrected chi connectivity index (χ4v) is 5.60. The van der Waals surface area contributed by atoms with Gasteiger partial charge in [0.05, 0.1) is 39.5 Å². The Morgan fingerprint density at radius 2 is 1.94 bits per heavy atom. The minimum absolute atomic E-state index is 0.166. The molecule has 2 aromatic rings. The molecule has 1 aliphatic carbocycles. The number of halogens is 2. The lowest BCUT2D eigenvalue weighted by molar-refractivity contribution is 0.0519. The van der Waals surface area contributed by atoms with Crippen LogP contribution < -0.4 is 4.90 Å². The number of aromatic nitrogens is 2. The van der Waals surface area contributed by atoms with Crippen molar-refractivity contribution in [1.82, 2.24) is 9.97 Å². The topological polar surface area (TPSA) is 79.1 Å². The lowest BCUT2D eigenvalue weighted by Crippen LogP contribution is -2.43. The predicted octanol–water partition coefficient (Wildman–Crippen LogP) is 6.24. The lowest BCUT2D eigenvalue weighted by Gasteiger charge is -2.41. The van der Waals surface area contributed by atoms with Gasteiger partial charge in [0, 0.05) is 18.7 Å². The number of esters is 1. The van der Waals surface area contributed by atoms with Crippen LogP contribution in [0, 0.1) is 29.6 Å². The number of carbonyl (C=O) groups excluding carboxylic acids is 1. The maximum atomic E-state index is 12.9. The Morgan fingerprint density at radius 1 is 1.24 bits per heavy atom. The third-order valence-electron chi connectivity index (χ3n) is 7.04. The van der Waals surface area contributed by atoms with Crippen molar-refractivity contribution in [2.24, 2.45) is 11.3 Å².